The maximum Gasteiger partial charge on any atom is 0.155 e. The Balaban J connectivity index is 1.87. The van der Waals surface area contributed by atoms with Gasteiger partial charge in [-0.25, -0.2) is 5.06 Å². The monoisotopic (exact) mass is 417 g/mol. The van der Waals surface area contributed by atoms with Crippen LogP contribution in [0.15, 0.2) is 109 Å². The minimum absolute atomic E-state index is 0.268. The molecule has 0 N–H and O–H groups in total. The molecule has 0 bridgehead atoms. The summed E-state index contributed by atoms with van der Waals surface area (Å²) < 4.78 is 0. The smallest absolute Gasteiger partial charge is 0.155 e. The van der Waals surface area contributed by atoms with E-state index in [1.165, 1.54) is 32.7 Å². The van der Waals surface area contributed by atoms with Crippen molar-refractivity contribution in [1.82, 2.24) is 0 Å². The summed E-state index contributed by atoms with van der Waals surface area (Å²) in [6.07, 6.45) is 0. The van der Waals surface area contributed by atoms with Crippen molar-refractivity contribution >= 4 is 27.2 Å². The molecule has 0 unspecified atom stereocenters. The molecule has 0 amide bonds. The summed E-state index contributed by atoms with van der Waals surface area (Å²) in [5.74, 6) is 0.822. The van der Waals surface area contributed by atoms with E-state index in [1.807, 2.05) is 30.3 Å². The lowest BCUT2D eigenvalue weighted by atomic mass is 9.90. The minimum Gasteiger partial charge on any atom is -0.379 e. The van der Waals surface area contributed by atoms with E-state index in [4.69, 9.17) is 4.84 Å². The molecule has 32 heavy (non-hydrogen) atoms. The van der Waals surface area contributed by atoms with Crippen LogP contribution < -0.4 is 9.90 Å². The van der Waals surface area contributed by atoms with Gasteiger partial charge in [-0.1, -0.05) is 97.1 Å². The van der Waals surface area contributed by atoms with Gasteiger partial charge in [-0.3, -0.25) is 0 Å². The first-order valence-electron chi connectivity index (χ1n) is 11.1. The van der Waals surface area contributed by atoms with Crippen LogP contribution in [-0.2, 0) is 0 Å². The van der Waals surface area contributed by atoms with Gasteiger partial charge in [0.25, 0.3) is 0 Å². The van der Waals surface area contributed by atoms with E-state index in [-0.39, 0.29) is 5.54 Å². The van der Waals surface area contributed by atoms with Crippen molar-refractivity contribution in [3.05, 3.63) is 109 Å². The lowest BCUT2D eigenvalue weighted by molar-refractivity contribution is 0.206. The Morgan fingerprint density at radius 3 is 1.47 bits per heavy atom. The number of rotatable bonds is 4. The van der Waals surface area contributed by atoms with E-state index in [2.05, 4.69) is 105 Å². The van der Waals surface area contributed by atoms with Crippen LogP contribution in [0.5, 0.6) is 5.75 Å². The maximum atomic E-state index is 6.56. The molecule has 2 heteroatoms. The molecule has 158 valence electrons. The summed E-state index contributed by atoms with van der Waals surface area (Å²) in [6.45, 7) is 6.56. The number of fused-ring (bicyclic) bond motifs is 2. The second-order valence-electron chi connectivity index (χ2n) is 9.05. The molecule has 0 heterocycles. The second kappa shape index (κ2) is 8.05. The van der Waals surface area contributed by atoms with Crippen LogP contribution >= 0.6 is 0 Å². The molecule has 0 fully saturated rings. The number of nitrogens with zero attached hydrogens (tertiary/aromatic N) is 1. The fraction of sp³-hybridized carbons (Fsp3) is 0.133. The van der Waals surface area contributed by atoms with E-state index in [9.17, 15) is 0 Å². The van der Waals surface area contributed by atoms with Crippen molar-refractivity contribution in [2.75, 3.05) is 5.06 Å². The van der Waals surface area contributed by atoms with E-state index < -0.39 is 0 Å². The highest BCUT2D eigenvalue weighted by Gasteiger charge is 2.29. The normalized spacial score (nSPS) is 11.6. The third-order valence-electron chi connectivity index (χ3n) is 5.72. The Bertz CT molecular complexity index is 1310. The summed E-state index contributed by atoms with van der Waals surface area (Å²) in [4.78, 5) is 6.56. The molecule has 0 aromatic heterocycles. The van der Waals surface area contributed by atoms with Crippen LogP contribution in [-0.4, -0.2) is 5.54 Å². The van der Waals surface area contributed by atoms with Crippen LogP contribution in [0.2, 0.25) is 0 Å². The summed E-state index contributed by atoms with van der Waals surface area (Å²) in [5.41, 5.74) is 3.30. The molecule has 0 aliphatic heterocycles. The topological polar surface area (TPSA) is 12.5 Å². The van der Waals surface area contributed by atoms with Gasteiger partial charge in [-0.05, 0) is 54.8 Å². The second-order valence-corrected chi connectivity index (χ2v) is 9.05. The van der Waals surface area contributed by atoms with Gasteiger partial charge in [0, 0.05) is 10.8 Å². The van der Waals surface area contributed by atoms with E-state index >= 15 is 0 Å². The zero-order valence-corrected chi connectivity index (χ0v) is 18.7. The minimum atomic E-state index is -0.268. The van der Waals surface area contributed by atoms with Crippen molar-refractivity contribution in [2.45, 2.75) is 26.3 Å². The van der Waals surface area contributed by atoms with E-state index in [0.29, 0.717) is 0 Å². The van der Waals surface area contributed by atoms with E-state index in [1.54, 1.807) is 0 Å². The highest BCUT2D eigenvalue weighted by atomic mass is 16.7. The molecule has 0 saturated heterocycles. The predicted octanol–water partition coefficient (Wildman–Crippen LogP) is 8.26. The SMILES string of the molecule is CC(C)(C)N(Oc1ccccc1)c1c2ccccc2c(-c2ccccc2)c2ccccc12. The summed E-state index contributed by atoms with van der Waals surface area (Å²) in [6, 6.07) is 38.0. The van der Waals surface area contributed by atoms with Gasteiger partial charge in [-0.15, -0.1) is 0 Å². The van der Waals surface area contributed by atoms with Gasteiger partial charge in [0.05, 0.1) is 11.2 Å². The van der Waals surface area contributed by atoms with E-state index in [0.717, 1.165) is 11.4 Å². The van der Waals surface area contributed by atoms with Crippen LogP contribution in [0.4, 0.5) is 5.69 Å². The van der Waals surface area contributed by atoms with Crippen molar-refractivity contribution in [3.63, 3.8) is 0 Å². The zero-order chi connectivity index (χ0) is 22.1. The first-order valence-corrected chi connectivity index (χ1v) is 11.1. The third-order valence-corrected chi connectivity index (χ3v) is 5.72. The Labute approximate surface area is 189 Å². The Hall–Kier alpha value is -3.78. The average Bonchev–Trinajstić information content (AvgIpc) is 2.82. The first-order chi connectivity index (χ1) is 15.5. The maximum absolute atomic E-state index is 6.56. The first kappa shape index (κ1) is 20.1. The molecule has 0 aliphatic rings. The Morgan fingerprint density at radius 2 is 0.969 bits per heavy atom. The van der Waals surface area contributed by atoms with Crippen molar-refractivity contribution in [3.8, 4) is 16.9 Å². The number of benzene rings is 5. The van der Waals surface area contributed by atoms with Crippen LogP contribution in [0.25, 0.3) is 32.7 Å². The van der Waals surface area contributed by atoms with Gasteiger partial charge in [-0.2, -0.15) is 0 Å². The molecule has 5 aromatic rings. The molecule has 0 radical (unpaired) electrons. The van der Waals surface area contributed by atoms with Gasteiger partial charge in [0.2, 0.25) is 0 Å². The molecule has 0 atom stereocenters. The number of hydroxylamine groups is 1. The fourth-order valence-electron chi connectivity index (χ4n) is 4.34. The third kappa shape index (κ3) is 3.58. The predicted molar refractivity (Wildman–Crippen MR) is 136 cm³/mol. The largest absolute Gasteiger partial charge is 0.379 e. The van der Waals surface area contributed by atoms with Crippen molar-refractivity contribution in [1.29, 1.82) is 0 Å². The average molecular weight is 418 g/mol. The number of hydrogen-bond acceptors (Lipinski definition) is 2. The number of anilines is 1. The quantitative estimate of drug-likeness (QED) is 0.215. The summed E-state index contributed by atoms with van der Waals surface area (Å²) in [5, 5.41) is 6.87. The molecule has 2 nitrogen and oxygen atoms in total. The number of hydrogen-bond donors (Lipinski definition) is 0. The van der Waals surface area contributed by atoms with Gasteiger partial charge in [0.1, 0.15) is 0 Å². The lowest BCUT2D eigenvalue weighted by Gasteiger charge is -2.38. The van der Waals surface area contributed by atoms with Gasteiger partial charge < -0.3 is 4.84 Å². The standard InChI is InChI=1S/C30H27NO/c1-30(2,3)31(32-23-16-8-5-9-17-23)29-26-20-12-10-18-24(26)28(22-14-6-4-7-15-22)25-19-11-13-21-27(25)29/h4-21H,1-3H3. The molecule has 5 aromatic carbocycles. The van der Waals surface area contributed by atoms with Gasteiger partial charge in [0.15, 0.2) is 5.75 Å². The summed E-state index contributed by atoms with van der Waals surface area (Å²) in [7, 11) is 0. The zero-order valence-electron chi connectivity index (χ0n) is 18.7. The Morgan fingerprint density at radius 1 is 0.531 bits per heavy atom. The van der Waals surface area contributed by atoms with Crippen LogP contribution in [0.1, 0.15) is 20.8 Å². The molecule has 0 aliphatic carbocycles. The fourth-order valence-corrected chi connectivity index (χ4v) is 4.34. The molecule has 0 spiro atoms. The molecular formula is C30H27NO. The lowest BCUT2D eigenvalue weighted by Crippen LogP contribution is -2.44. The highest BCUT2D eigenvalue weighted by molar-refractivity contribution is 6.20. The van der Waals surface area contributed by atoms with Crippen molar-refractivity contribution < 1.29 is 4.84 Å². The van der Waals surface area contributed by atoms with Gasteiger partial charge >= 0.3 is 0 Å². The molecular weight excluding hydrogens is 390 g/mol. The Kier molecular flexibility index (Phi) is 5.07. The van der Waals surface area contributed by atoms with Crippen LogP contribution in [0.3, 0.4) is 0 Å². The van der Waals surface area contributed by atoms with Crippen LogP contribution in [0, 0.1) is 0 Å². The molecule has 5 rings (SSSR count). The summed E-state index contributed by atoms with van der Waals surface area (Å²) >= 11 is 0. The molecule has 0 saturated carbocycles. The number of para-hydroxylation sites is 1. The highest BCUT2D eigenvalue weighted by Crippen LogP contribution is 2.45. The van der Waals surface area contributed by atoms with Crippen molar-refractivity contribution in [2.24, 2.45) is 0 Å².